The van der Waals surface area contributed by atoms with E-state index in [1.54, 1.807) is 6.82 Å². The summed E-state index contributed by atoms with van der Waals surface area (Å²) in [5, 5.41) is 7.32. The van der Waals surface area contributed by atoms with E-state index in [9.17, 15) is 9.59 Å². The van der Waals surface area contributed by atoms with Crippen LogP contribution in [0.1, 0.15) is 87.5 Å². The molecule has 0 fully saturated rings. The summed E-state index contributed by atoms with van der Waals surface area (Å²) in [6, 6.07) is 6.05. The standard InChI is InChI=1S/C12H16.C11H14O.C10H11BrO.CH4BO2.3B/c1-6-12-7-8(2)9(3)10(4)11(12)5;1-7-5-11(6-12)10(4)9(3)8(7)2;1-6-4-9(5-12)7(2)8(3)10(6)11;1-2-4-3;;;/h6-7H,1H2,2-5H3;5-6H,1-4H3;4-5H,1-3H3;3H,1H3;;;. The Morgan fingerprint density at radius 2 is 0.907 bits per heavy atom. The fraction of sp³-hybridized carbons (Fsp3) is 0.353. The molecule has 0 amide bonds. The Hall–Kier alpha value is -2.60. The zero-order valence-electron chi connectivity index (χ0n) is 28.0. The van der Waals surface area contributed by atoms with E-state index in [-0.39, 0.29) is 25.2 Å². The summed E-state index contributed by atoms with van der Waals surface area (Å²) in [5.74, 6) is 0. The minimum Gasteiger partial charge on any atom is -0.314 e. The Kier molecular flexibility index (Phi) is 25.2. The number of aryl methyl sites for hydroxylation is 3. The van der Waals surface area contributed by atoms with Crippen molar-refractivity contribution in [2.24, 2.45) is 0 Å². The number of carbonyl (C=O) groups excluding carboxylic acids is 2. The zero-order chi connectivity index (χ0) is 31.3. The molecule has 0 aromatic heterocycles. The molecule has 3 aromatic carbocycles. The summed E-state index contributed by atoms with van der Waals surface area (Å²) < 4.78 is 1.10. The number of benzene rings is 3. The summed E-state index contributed by atoms with van der Waals surface area (Å²) in [6.45, 7) is 28.2. The maximum atomic E-state index is 10.6. The van der Waals surface area contributed by atoms with Crippen LogP contribution in [0.25, 0.3) is 6.08 Å². The Balaban J connectivity index is -0.000000241. The molecular weight excluding hydrogens is 596 g/mol. The van der Waals surface area contributed by atoms with Gasteiger partial charge in [-0.05, 0) is 155 Å². The van der Waals surface area contributed by atoms with E-state index in [0.29, 0.717) is 0 Å². The molecule has 0 aliphatic rings. The Bertz CT molecular complexity index is 1190. The number of halogens is 1. The number of rotatable bonds is 4. The van der Waals surface area contributed by atoms with Gasteiger partial charge in [-0.15, -0.1) is 0 Å². The van der Waals surface area contributed by atoms with Crippen LogP contribution in [0.3, 0.4) is 0 Å². The van der Waals surface area contributed by atoms with Crippen molar-refractivity contribution in [1.29, 1.82) is 0 Å². The first-order valence-electron chi connectivity index (χ1n) is 13.2. The molecule has 0 bridgehead atoms. The lowest BCUT2D eigenvalue weighted by atomic mass is 9.95. The van der Waals surface area contributed by atoms with Crippen LogP contribution in [0, 0.1) is 76.2 Å². The lowest BCUT2D eigenvalue weighted by molar-refractivity contribution is -0.137. The fourth-order valence-electron chi connectivity index (χ4n) is 4.03. The molecule has 0 unspecified atom stereocenters. The van der Waals surface area contributed by atoms with Gasteiger partial charge in [0, 0.05) is 40.8 Å². The van der Waals surface area contributed by atoms with Crippen molar-refractivity contribution in [3.8, 4) is 0 Å². The van der Waals surface area contributed by atoms with E-state index < -0.39 is 0 Å². The summed E-state index contributed by atoms with van der Waals surface area (Å²) in [7, 11) is 1.18. The van der Waals surface area contributed by atoms with Gasteiger partial charge in [0.05, 0.1) is 0 Å². The monoisotopic (exact) mass is 640 g/mol. The molecule has 0 aliphatic heterocycles. The SMILES string of the molecule is C=Cc1cc(C)c(C)c(C)c1C.C[B]OO.Cc1cc(C=O)c(C)c(C)c1Br.Cc1cc(C=O)c(C)c(C)c1C.[B].[B].[B]. The van der Waals surface area contributed by atoms with Crippen LogP contribution >= 0.6 is 15.9 Å². The Morgan fingerprint density at radius 1 is 0.605 bits per heavy atom. The maximum Gasteiger partial charge on any atom is 0.340 e. The van der Waals surface area contributed by atoms with E-state index >= 15 is 0 Å². The molecule has 0 saturated heterocycles. The van der Waals surface area contributed by atoms with Gasteiger partial charge >= 0.3 is 7.48 Å². The minimum atomic E-state index is 0. The highest BCUT2D eigenvalue weighted by Crippen LogP contribution is 2.26. The van der Waals surface area contributed by atoms with Crippen LogP contribution in [-0.4, -0.2) is 50.6 Å². The fourth-order valence-corrected chi connectivity index (χ4v) is 4.44. The topological polar surface area (TPSA) is 63.6 Å². The van der Waals surface area contributed by atoms with E-state index in [4.69, 9.17) is 5.26 Å². The number of hydrogen-bond acceptors (Lipinski definition) is 4. The van der Waals surface area contributed by atoms with Crippen molar-refractivity contribution < 1.29 is 19.7 Å². The highest BCUT2D eigenvalue weighted by atomic mass is 79.9. The normalized spacial score (nSPS) is 8.98. The van der Waals surface area contributed by atoms with Crippen molar-refractivity contribution in [3.05, 3.63) is 107 Å². The molecule has 43 heavy (non-hydrogen) atoms. The molecule has 0 spiro atoms. The molecule has 224 valence electrons. The number of hydrogen-bond donors (Lipinski definition) is 1. The van der Waals surface area contributed by atoms with Crippen LogP contribution in [0.5, 0.6) is 0 Å². The second-order valence-electron chi connectivity index (χ2n) is 9.94. The third-order valence-electron chi connectivity index (χ3n) is 7.67. The first-order valence-corrected chi connectivity index (χ1v) is 14.0. The van der Waals surface area contributed by atoms with Gasteiger partial charge in [-0.1, -0.05) is 41.5 Å². The van der Waals surface area contributed by atoms with Crippen LogP contribution in [-0.2, 0) is 4.81 Å². The van der Waals surface area contributed by atoms with Gasteiger partial charge in [0.2, 0.25) is 0 Å². The van der Waals surface area contributed by atoms with Crippen molar-refractivity contribution in [2.75, 3.05) is 0 Å². The van der Waals surface area contributed by atoms with Crippen molar-refractivity contribution in [2.45, 2.75) is 83.0 Å². The second kappa shape index (κ2) is 22.9. The molecule has 10 radical (unpaired) electrons. The highest BCUT2D eigenvalue weighted by Gasteiger charge is 2.07. The van der Waals surface area contributed by atoms with Gasteiger partial charge in [-0.2, -0.15) is 0 Å². The van der Waals surface area contributed by atoms with E-state index in [2.05, 4.69) is 74.9 Å². The van der Waals surface area contributed by atoms with Crippen LogP contribution < -0.4 is 0 Å². The summed E-state index contributed by atoms with van der Waals surface area (Å²) in [6.07, 6.45) is 3.76. The maximum absolute atomic E-state index is 10.6. The third kappa shape index (κ3) is 13.3. The lowest BCUT2D eigenvalue weighted by Crippen LogP contribution is -1.96. The smallest absolute Gasteiger partial charge is 0.314 e. The molecule has 0 heterocycles. The average molecular weight is 641 g/mol. The van der Waals surface area contributed by atoms with E-state index in [1.165, 1.54) is 52.0 Å². The first-order chi connectivity index (χ1) is 18.6. The van der Waals surface area contributed by atoms with Gasteiger partial charge in [0.1, 0.15) is 12.6 Å². The molecule has 9 heteroatoms. The predicted molar refractivity (Wildman–Crippen MR) is 193 cm³/mol. The summed E-state index contributed by atoms with van der Waals surface area (Å²) in [5.41, 5.74) is 16.5. The van der Waals surface area contributed by atoms with Crippen molar-refractivity contribution in [1.82, 2.24) is 0 Å². The molecule has 0 atom stereocenters. The Morgan fingerprint density at radius 3 is 1.23 bits per heavy atom. The third-order valence-corrected chi connectivity index (χ3v) is 8.89. The zero-order valence-corrected chi connectivity index (χ0v) is 29.6. The first kappa shape index (κ1) is 47.3. The van der Waals surface area contributed by atoms with Crippen molar-refractivity contribution >= 4 is 67.3 Å². The van der Waals surface area contributed by atoms with E-state index in [1.807, 2.05) is 52.8 Å². The molecule has 3 aromatic rings. The molecule has 4 nitrogen and oxygen atoms in total. The average Bonchev–Trinajstić information content (AvgIpc) is 2.96. The molecule has 3 rings (SSSR count). The quantitative estimate of drug-likeness (QED) is 0.135. The van der Waals surface area contributed by atoms with Gasteiger partial charge in [-0.3, -0.25) is 14.8 Å². The van der Waals surface area contributed by atoms with Crippen molar-refractivity contribution in [3.63, 3.8) is 0 Å². The molecule has 0 saturated carbocycles. The Labute approximate surface area is 276 Å². The predicted octanol–water partition coefficient (Wildman–Crippen LogP) is 8.48. The molecule has 1 N–H and O–H groups in total. The minimum absolute atomic E-state index is 0. The molecule has 0 aliphatic carbocycles. The van der Waals surface area contributed by atoms with Gasteiger partial charge in [0.15, 0.2) is 0 Å². The second-order valence-corrected chi connectivity index (χ2v) is 10.7. The lowest BCUT2D eigenvalue weighted by Gasteiger charge is -2.11. The van der Waals surface area contributed by atoms with E-state index in [0.717, 1.165) is 50.4 Å². The van der Waals surface area contributed by atoms with Gasteiger partial charge in [0.25, 0.3) is 0 Å². The number of aldehydes is 2. The molecular formula is C34H45B4BrO4. The van der Waals surface area contributed by atoms with Crippen LogP contribution in [0.2, 0.25) is 6.82 Å². The highest BCUT2D eigenvalue weighted by molar-refractivity contribution is 9.10. The summed E-state index contributed by atoms with van der Waals surface area (Å²) in [4.78, 5) is 24.7. The van der Waals surface area contributed by atoms with Gasteiger partial charge < -0.3 is 4.81 Å². The van der Waals surface area contributed by atoms with Crippen LogP contribution in [0.4, 0.5) is 0 Å². The number of carbonyl (C=O) groups is 2. The van der Waals surface area contributed by atoms with Gasteiger partial charge in [-0.25, -0.2) is 0 Å². The largest absolute Gasteiger partial charge is 0.340 e. The summed E-state index contributed by atoms with van der Waals surface area (Å²) >= 11 is 3.48. The van der Waals surface area contributed by atoms with Crippen LogP contribution in [0.15, 0.2) is 29.3 Å².